The van der Waals surface area contributed by atoms with Gasteiger partial charge < -0.3 is 9.80 Å². The first-order chi connectivity index (χ1) is 11.1. The summed E-state index contributed by atoms with van der Waals surface area (Å²) in [7, 11) is 0. The van der Waals surface area contributed by atoms with Gasteiger partial charge in [0.25, 0.3) is 5.91 Å². The molecule has 2 aliphatic rings. The molecule has 0 saturated carbocycles. The van der Waals surface area contributed by atoms with Crippen LogP contribution >= 0.6 is 11.8 Å². The quantitative estimate of drug-likeness (QED) is 0.877. The van der Waals surface area contributed by atoms with Crippen LogP contribution in [0.3, 0.4) is 0 Å². The van der Waals surface area contributed by atoms with Crippen molar-refractivity contribution >= 4 is 23.6 Å². The summed E-state index contributed by atoms with van der Waals surface area (Å²) < 4.78 is 13.3. The van der Waals surface area contributed by atoms with Gasteiger partial charge in [0, 0.05) is 43.4 Å². The number of hydrogen-bond donors (Lipinski definition) is 1. The summed E-state index contributed by atoms with van der Waals surface area (Å²) in [5.41, 5.74) is 0.965. The summed E-state index contributed by atoms with van der Waals surface area (Å²) in [4.78, 5) is 28.4. The van der Waals surface area contributed by atoms with Crippen LogP contribution in [-0.4, -0.2) is 65.5 Å². The second-order valence-corrected chi connectivity index (χ2v) is 6.88. The van der Waals surface area contributed by atoms with Crippen molar-refractivity contribution in [3.05, 3.63) is 35.1 Å². The van der Waals surface area contributed by atoms with E-state index in [0.717, 1.165) is 11.6 Å². The molecule has 1 aromatic carbocycles. The molecule has 2 amide bonds. The monoisotopic (exact) mass is 337 g/mol. The van der Waals surface area contributed by atoms with E-state index in [1.54, 1.807) is 29.7 Å². The number of piperazine rings is 1. The Morgan fingerprint density at radius 2 is 1.91 bits per heavy atom. The Morgan fingerprint density at radius 3 is 2.52 bits per heavy atom. The van der Waals surface area contributed by atoms with Crippen molar-refractivity contribution in [1.82, 2.24) is 15.1 Å². The maximum atomic E-state index is 13.3. The Bertz CT molecular complexity index is 611. The summed E-state index contributed by atoms with van der Waals surface area (Å²) in [5.74, 6) is 1.35. The van der Waals surface area contributed by atoms with Gasteiger partial charge in [-0.25, -0.2) is 4.39 Å². The fourth-order valence-electron chi connectivity index (χ4n) is 2.86. The van der Waals surface area contributed by atoms with E-state index in [2.05, 4.69) is 5.32 Å². The fraction of sp³-hybridized carbons (Fsp3) is 0.500. The minimum absolute atomic E-state index is 0.0954. The lowest BCUT2D eigenvalue weighted by Gasteiger charge is -2.36. The summed E-state index contributed by atoms with van der Waals surface area (Å²) in [6, 6.07) is 4.32. The highest BCUT2D eigenvalue weighted by atomic mass is 32.2. The summed E-state index contributed by atoms with van der Waals surface area (Å²) >= 11 is 1.73. The molecule has 3 rings (SSSR count). The van der Waals surface area contributed by atoms with E-state index in [1.165, 1.54) is 12.1 Å². The normalized spacial score (nSPS) is 21.6. The number of carbonyl (C=O) groups is 2. The van der Waals surface area contributed by atoms with Crippen molar-refractivity contribution in [1.29, 1.82) is 0 Å². The Labute approximate surface area is 139 Å². The first-order valence-electron chi connectivity index (χ1n) is 7.71. The fourth-order valence-corrected chi connectivity index (χ4v) is 3.80. The number of nitrogens with zero attached hydrogens (tertiary/aromatic N) is 2. The van der Waals surface area contributed by atoms with E-state index >= 15 is 0 Å². The van der Waals surface area contributed by atoms with E-state index in [9.17, 15) is 14.0 Å². The Hall–Kier alpha value is -1.60. The lowest BCUT2D eigenvalue weighted by atomic mass is 10.1. The van der Waals surface area contributed by atoms with Gasteiger partial charge in [0.1, 0.15) is 5.82 Å². The number of nitrogens with one attached hydrogen (secondary N) is 1. The van der Waals surface area contributed by atoms with Crippen LogP contribution in [0.1, 0.15) is 15.9 Å². The van der Waals surface area contributed by atoms with Gasteiger partial charge in [0.05, 0.1) is 6.04 Å². The first kappa shape index (κ1) is 16.3. The van der Waals surface area contributed by atoms with Crippen LogP contribution in [0.25, 0.3) is 0 Å². The molecule has 2 heterocycles. The number of halogens is 1. The van der Waals surface area contributed by atoms with Gasteiger partial charge in [-0.3, -0.25) is 14.9 Å². The van der Waals surface area contributed by atoms with Crippen LogP contribution in [0.15, 0.2) is 18.2 Å². The van der Waals surface area contributed by atoms with Gasteiger partial charge in [-0.1, -0.05) is 0 Å². The lowest BCUT2D eigenvalue weighted by molar-refractivity contribution is -0.134. The predicted octanol–water partition coefficient (Wildman–Crippen LogP) is 1.08. The topological polar surface area (TPSA) is 52.7 Å². The van der Waals surface area contributed by atoms with Gasteiger partial charge in [-0.05, 0) is 30.7 Å². The van der Waals surface area contributed by atoms with Gasteiger partial charge in [0.2, 0.25) is 5.91 Å². The SMILES string of the molecule is Cc1cc(C(=O)N2CCN(C(=O)C3CSCN3)CC2)ccc1F. The van der Waals surface area contributed by atoms with Crippen molar-refractivity contribution in [2.75, 3.05) is 37.8 Å². The van der Waals surface area contributed by atoms with Gasteiger partial charge >= 0.3 is 0 Å². The molecule has 1 atom stereocenters. The van der Waals surface area contributed by atoms with E-state index in [0.29, 0.717) is 37.3 Å². The molecule has 5 nitrogen and oxygen atoms in total. The van der Waals surface area contributed by atoms with Crippen LogP contribution in [0.5, 0.6) is 0 Å². The van der Waals surface area contributed by atoms with Gasteiger partial charge in [0.15, 0.2) is 0 Å². The molecule has 23 heavy (non-hydrogen) atoms. The smallest absolute Gasteiger partial charge is 0.253 e. The lowest BCUT2D eigenvalue weighted by Crippen LogP contribution is -2.54. The molecule has 7 heteroatoms. The molecule has 1 N–H and O–H groups in total. The first-order valence-corrected chi connectivity index (χ1v) is 8.87. The highest BCUT2D eigenvalue weighted by Crippen LogP contribution is 2.16. The molecule has 124 valence electrons. The number of carbonyl (C=O) groups excluding carboxylic acids is 2. The van der Waals surface area contributed by atoms with Gasteiger partial charge in [-0.15, -0.1) is 11.8 Å². The Balaban J connectivity index is 1.58. The van der Waals surface area contributed by atoms with Crippen LogP contribution in [0.2, 0.25) is 0 Å². The zero-order valence-corrected chi connectivity index (χ0v) is 13.9. The zero-order chi connectivity index (χ0) is 16.4. The van der Waals surface area contributed by atoms with Crippen molar-refractivity contribution in [2.45, 2.75) is 13.0 Å². The minimum atomic E-state index is -0.307. The van der Waals surface area contributed by atoms with E-state index < -0.39 is 0 Å². The third-order valence-electron chi connectivity index (χ3n) is 4.30. The molecule has 2 aliphatic heterocycles. The molecule has 2 saturated heterocycles. The van der Waals surface area contributed by atoms with Crippen molar-refractivity contribution in [3.63, 3.8) is 0 Å². The third kappa shape index (κ3) is 3.50. The average molecular weight is 337 g/mol. The highest BCUT2D eigenvalue weighted by Gasteiger charge is 2.30. The van der Waals surface area contributed by atoms with Crippen molar-refractivity contribution < 1.29 is 14.0 Å². The number of benzene rings is 1. The van der Waals surface area contributed by atoms with Gasteiger partial charge in [-0.2, -0.15) is 0 Å². The number of thioether (sulfide) groups is 1. The molecule has 0 spiro atoms. The Morgan fingerprint density at radius 1 is 1.22 bits per heavy atom. The highest BCUT2D eigenvalue weighted by molar-refractivity contribution is 7.99. The van der Waals surface area contributed by atoms with Crippen LogP contribution in [0, 0.1) is 12.7 Å². The summed E-state index contributed by atoms with van der Waals surface area (Å²) in [6.45, 7) is 3.78. The molecule has 1 unspecified atom stereocenters. The number of hydrogen-bond acceptors (Lipinski definition) is 4. The molecular weight excluding hydrogens is 317 g/mol. The van der Waals surface area contributed by atoms with Crippen LogP contribution in [0.4, 0.5) is 4.39 Å². The van der Waals surface area contributed by atoms with Crippen molar-refractivity contribution in [3.8, 4) is 0 Å². The molecule has 2 fully saturated rings. The Kier molecular flexibility index (Phi) is 4.87. The summed E-state index contributed by atoms with van der Waals surface area (Å²) in [5, 5.41) is 3.18. The van der Waals surface area contributed by atoms with E-state index in [1.807, 2.05) is 4.90 Å². The van der Waals surface area contributed by atoms with E-state index in [4.69, 9.17) is 0 Å². The largest absolute Gasteiger partial charge is 0.338 e. The minimum Gasteiger partial charge on any atom is -0.338 e. The maximum absolute atomic E-state index is 13.3. The average Bonchev–Trinajstić information content (AvgIpc) is 3.11. The molecule has 1 aromatic rings. The molecule has 0 bridgehead atoms. The molecule has 0 radical (unpaired) electrons. The molecular formula is C16H20FN3O2S. The number of rotatable bonds is 2. The van der Waals surface area contributed by atoms with E-state index in [-0.39, 0.29) is 23.7 Å². The van der Waals surface area contributed by atoms with Crippen molar-refractivity contribution in [2.24, 2.45) is 0 Å². The maximum Gasteiger partial charge on any atom is 0.253 e. The second-order valence-electron chi connectivity index (χ2n) is 5.85. The number of amides is 2. The van der Waals surface area contributed by atoms with Crippen LogP contribution < -0.4 is 5.32 Å². The summed E-state index contributed by atoms with van der Waals surface area (Å²) in [6.07, 6.45) is 0. The zero-order valence-electron chi connectivity index (χ0n) is 13.0. The molecule has 0 aliphatic carbocycles. The van der Waals surface area contributed by atoms with Crippen LogP contribution in [-0.2, 0) is 4.79 Å². The molecule has 0 aromatic heterocycles. The standard InChI is InChI=1S/C16H20FN3O2S/c1-11-8-12(2-3-13(11)17)15(21)19-4-6-20(7-5-19)16(22)14-9-23-10-18-14/h2-3,8,14,18H,4-7,9-10H2,1H3. The third-order valence-corrected chi connectivity index (χ3v) is 5.24. The predicted molar refractivity (Wildman–Crippen MR) is 87.9 cm³/mol. The second kappa shape index (κ2) is 6.88. The number of aryl methyl sites for hydroxylation is 1.